The number of carbonyl (C=O) groups is 2. The number of hydrogen-bond donors (Lipinski definition) is 0. The molecule has 130 valence electrons. The largest absolute Gasteiger partial charge is 0.462 e. The third-order valence-corrected chi connectivity index (χ3v) is 4.03. The number of aromatic nitrogens is 1. The van der Waals surface area contributed by atoms with E-state index in [4.69, 9.17) is 4.74 Å². The minimum absolute atomic E-state index is 0.236. The summed E-state index contributed by atoms with van der Waals surface area (Å²) in [5, 5.41) is 0. The predicted molar refractivity (Wildman–Crippen MR) is 100 cm³/mol. The fourth-order valence-electron chi connectivity index (χ4n) is 2.82. The molecule has 26 heavy (non-hydrogen) atoms. The fraction of sp³-hybridized carbons (Fsp3) is 0.136. The maximum atomic E-state index is 13.0. The minimum atomic E-state index is -0.519. The number of hydrogen-bond acceptors (Lipinski definition) is 4. The molecule has 1 heterocycles. The van der Waals surface area contributed by atoms with Crippen LogP contribution in [0, 0.1) is 6.92 Å². The van der Waals surface area contributed by atoms with Crippen LogP contribution >= 0.6 is 0 Å². The standard InChI is InChI=1S/C22H19NO3/c1-3-26-22(25)18-14-19(16-10-6-4-7-11-16)23-15(2)20(18)21(24)17-12-8-5-9-13-17/h4-14H,3H2,1-2H3. The first-order chi connectivity index (χ1) is 12.6. The number of rotatable bonds is 5. The normalized spacial score (nSPS) is 10.4. The molecule has 0 aliphatic heterocycles. The molecule has 0 saturated carbocycles. The van der Waals surface area contributed by atoms with E-state index in [1.165, 1.54) is 0 Å². The lowest BCUT2D eigenvalue weighted by atomic mass is 9.95. The summed E-state index contributed by atoms with van der Waals surface area (Å²) >= 11 is 0. The molecule has 0 saturated heterocycles. The van der Waals surface area contributed by atoms with Gasteiger partial charge >= 0.3 is 5.97 Å². The van der Waals surface area contributed by atoms with Crippen molar-refractivity contribution in [1.82, 2.24) is 4.98 Å². The molecule has 4 nitrogen and oxygen atoms in total. The van der Waals surface area contributed by atoms with E-state index >= 15 is 0 Å². The maximum absolute atomic E-state index is 13.0. The maximum Gasteiger partial charge on any atom is 0.339 e. The lowest BCUT2D eigenvalue weighted by Gasteiger charge is -2.13. The van der Waals surface area contributed by atoms with Gasteiger partial charge in [0.2, 0.25) is 0 Å². The Bertz CT molecular complexity index is 934. The average Bonchev–Trinajstić information content (AvgIpc) is 2.68. The average molecular weight is 345 g/mol. The first-order valence-electron chi connectivity index (χ1n) is 8.45. The summed E-state index contributed by atoms with van der Waals surface area (Å²) in [5.41, 5.74) is 3.05. The van der Waals surface area contributed by atoms with Crippen LogP contribution in [0.25, 0.3) is 11.3 Å². The second-order valence-corrected chi connectivity index (χ2v) is 5.80. The third-order valence-electron chi connectivity index (χ3n) is 4.03. The predicted octanol–water partition coefficient (Wildman–Crippen LogP) is 4.46. The van der Waals surface area contributed by atoms with E-state index in [1.54, 1.807) is 44.2 Å². The van der Waals surface area contributed by atoms with Crippen LogP contribution in [0.15, 0.2) is 66.7 Å². The lowest BCUT2D eigenvalue weighted by molar-refractivity contribution is 0.0523. The highest BCUT2D eigenvalue weighted by Gasteiger charge is 2.24. The SMILES string of the molecule is CCOC(=O)c1cc(-c2ccccc2)nc(C)c1C(=O)c1ccccc1. The summed E-state index contributed by atoms with van der Waals surface area (Å²) in [6.45, 7) is 3.72. The van der Waals surface area contributed by atoms with Crippen LogP contribution in [0.4, 0.5) is 0 Å². The van der Waals surface area contributed by atoms with Gasteiger partial charge in [0.15, 0.2) is 5.78 Å². The van der Waals surface area contributed by atoms with Gasteiger partial charge in [0.25, 0.3) is 0 Å². The number of pyridine rings is 1. The van der Waals surface area contributed by atoms with E-state index < -0.39 is 5.97 Å². The molecular weight excluding hydrogens is 326 g/mol. The highest BCUT2D eigenvalue weighted by molar-refractivity contribution is 6.15. The van der Waals surface area contributed by atoms with Crippen LogP contribution in [0.5, 0.6) is 0 Å². The summed E-state index contributed by atoms with van der Waals surface area (Å²) in [6.07, 6.45) is 0. The molecule has 0 unspecified atom stereocenters. The topological polar surface area (TPSA) is 56.3 Å². The van der Waals surface area contributed by atoms with Gasteiger partial charge in [-0.25, -0.2) is 4.79 Å². The molecule has 0 bridgehead atoms. The minimum Gasteiger partial charge on any atom is -0.462 e. The van der Waals surface area contributed by atoms with Crippen molar-refractivity contribution in [2.45, 2.75) is 13.8 Å². The van der Waals surface area contributed by atoms with Crippen molar-refractivity contribution < 1.29 is 14.3 Å². The van der Waals surface area contributed by atoms with Gasteiger partial charge in [-0.3, -0.25) is 9.78 Å². The Morgan fingerprint density at radius 2 is 1.58 bits per heavy atom. The van der Waals surface area contributed by atoms with Gasteiger partial charge < -0.3 is 4.74 Å². The number of benzene rings is 2. The fourth-order valence-corrected chi connectivity index (χ4v) is 2.82. The highest BCUT2D eigenvalue weighted by Crippen LogP contribution is 2.25. The summed E-state index contributed by atoms with van der Waals surface area (Å²) in [4.78, 5) is 30.1. The third kappa shape index (κ3) is 3.54. The van der Waals surface area contributed by atoms with Gasteiger partial charge in [-0.2, -0.15) is 0 Å². The van der Waals surface area contributed by atoms with Crippen molar-refractivity contribution in [3.63, 3.8) is 0 Å². The Balaban J connectivity index is 2.17. The molecule has 4 heteroatoms. The summed E-state index contributed by atoms with van der Waals surface area (Å²) in [5.74, 6) is -0.757. The zero-order valence-corrected chi connectivity index (χ0v) is 14.7. The quantitative estimate of drug-likeness (QED) is 0.506. The van der Waals surface area contributed by atoms with Gasteiger partial charge in [-0.1, -0.05) is 60.7 Å². The van der Waals surface area contributed by atoms with Crippen LogP contribution in [-0.2, 0) is 4.74 Å². The number of esters is 1. The Labute approximate surface area is 152 Å². The number of ether oxygens (including phenoxy) is 1. The van der Waals surface area contributed by atoms with Crippen LogP contribution in [0.2, 0.25) is 0 Å². The molecule has 0 fully saturated rings. The second-order valence-electron chi connectivity index (χ2n) is 5.80. The van der Waals surface area contributed by atoms with Gasteiger partial charge in [-0.05, 0) is 19.9 Å². The number of aryl methyl sites for hydroxylation is 1. The molecule has 2 aromatic carbocycles. The molecule has 1 aromatic heterocycles. The van der Waals surface area contributed by atoms with Gasteiger partial charge in [0.1, 0.15) is 0 Å². The Morgan fingerprint density at radius 1 is 0.962 bits per heavy atom. The smallest absolute Gasteiger partial charge is 0.339 e. The molecule has 0 spiro atoms. The van der Waals surface area contributed by atoms with Crippen LogP contribution < -0.4 is 0 Å². The Kier molecular flexibility index (Phi) is 5.23. The second kappa shape index (κ2) is 7.74. The first kappa shape index (κ1) is 17.5. The Morgan fingerprint density at radius 3 is 2.19 bits per heavy atom. The van der Waals surface area contributed by atoms with E-state index in [0.717, 1.165) is 5.56 Å². The molecule has 0 atom stereocenters. The molecule has 0 N–H and O–H groups in total. The number of nitrogens with zero attached hydrogens (tertiary/aromatic N) is 1. The molecule has 0 aliphatic carbocycles. The zero-order valence-electron chi connectivity index (χ0n) is 14.7. The molecule has 0 amide bonds. The summed E-state index contributed by atoms with van der Waals surface area (Å²) in [7, 11) is 0. The van der Waals surface area contributed by atoms with E-state index in [1.807, 2.05) is 36.4 Å². The van der Waals surface area contributed by atoms with E-state index in [-0.39, 0.29) is 23.5 Å². The zero-order chi connectivity index (χ0) is 18.5. The number of ketones is 1. The van der Waals surface area contributed by atoms with Crippen LogP contribution in [-0.4, -0.2) is 23.3 Å². The van der Waals surface area contributed by atoms with Crippen molar-refractivity contribution in [3.8, 4) is 11.3 Å². The van der Waals surface area contributed by atoms with Crippen molar-refractivity contribution in [3.05, 3.63) is 89.1 Å². The summed E-state index contributed by atoms with van der Waals surface area (Å²) < 4.78 is 5.18. The monoisotopic (exact) mass is 345 g/mol. The van der Waals surface area contributed by atoms with Crippen LogP contribution in [0.1, 0.15) is 38.9 Å². The molecule has 0 aliphatic rings. The highest BCUT2D eigenvalue weighted by atomic mass is 16.5. The molecule has 3 rings (SSSR count). The first-order valence-corrected chi connectivity index (χ1v) is 8.45. The van der Waals surface area contributed by atoms with E-state index in [2.05, 4.69) is 4.98 Å². The van der Waals surface area contributed by atoms with E-state index in [0.29, 0.717) is 17.0 Å². The van der Waals surface area contributed by atoms with Crippen molar-refractivity contribution in [2.24, 2.45) is 0 Å². The van der Waals surface area contributed by atoms with Crippen molar-refractivity contribution in [2.75, 3.05) is 6.61 Å². The van der Waals surface area contributed by atoms with Gasteiger partial charge in [0.05, 0.1) is 29.1 Å². The Hall–Kier alpha value is -3.27. The van der Waals surface area contributed by atoms with Crippen LogP contribution in [0.3, 0.4) is 0 Å². The summed E-state index contributed by atoms with van der Waals surface area (Å²) in [6, 6.07) is 20.0. The molecule has 3 aromatic rings. The van der Waals surface area contributed by atoms with Gasteiger partial charge in [-0.15, -0.1) is 0 Å². The molecule has 0 radical (unpaired) electrons. The molecular formula is C22H19NO3. The van der Waals surface area contributed by atoms with Crippen molar-refractivity contribution in [1.29, 1.82) is 0 Å². The number of carbonyl (C=O) groups excluding carboxylic acids is 2. The van der Waals surface area contributed by atoms with Crippen molar-refractivity contribution >= 4 is 11.8 Å². The van der Waals surface area contributed by atoms with Gasteiger partial charge in [0, 0.05) is 11.1 Å². The van der Waals surface area contributed by atoms with E-state index in [9.17, 15) is 9.59 Å². The lowest BCUT2D eigenvalue weighted by Crippen LogP contribution is -2.16.